The number of halogens is 6. The lowest BCUT2D eigenvalue weighted by Gasteiger charge is -2.34. The molecular formula is C25H29F6N7O5. The molecule has 1 atom stereocenters. The molecule has 1 spiro atoms. The summed E-state index contributed by atoms with van der Waals surface area (Å²) in [6.07, 6.45) is -1.42. The number of imidazole rings is 1. The summed E-state index contributed by atoms with van der Waals surface area (Å²) in [4.78, 5) is 34.0. The third kappa shape index (κ3) is 8.90. The second-order valence-electron chi connectivity index (χ2n) is 9.87. The van der Waals surface area contributed by atoms with Gasteiger partial charge in [-0.15, -0.1) is 0 Å². The summed E-state index contributed by atoms with van der Waals surface area (Å²) in [5.41, 5.74) is 4.65. The van der Waals surface area contributed by atoms with E-state index >= 15 is 0 Å². The summed E-state index contributed by atoms with van der Waals surface area (Å²) in [6, 6.07) is 4.30. The van der Waals surface area contributed by atoms with Gasteiger partial charge in [0.15, 0.2) is 0 Å². The Hall–Kier alpha value is -4.19. The van der Waals surface area contributed by atoms with Crippen LogP contribution < -0.4 is 5.32 Å². The zero-order valence-electron chi connectivity index (χ0n) is 23.0. The van der Waals surface area contributed by atoms with Crippen LogP contribution in [-0.2, 0) is 53.5 Å². The lowest BCUT2D eigenvalue weighted by Crippen LogP contribution is -2.40. The molecule has 0 aliphatic carbocycles. The molecule has 5 heterocycles. The predicted octanol–water partition coefficient (Wildman–Crippen LogP) is 3.10. The first-order chi connectivity index (χ1) is 20.0. The molecule has 236 valence electrons. The van der Waals surface area contributed by atoms with Crippen molar-refractivity contribution in [2.24, 2.45) is 14.1 Å². The summed E-state index contributed by atoms with van der Waals surface area (Å²) in [7, 11) is 4.09. The van der Waals surface area contributed by atoms with Crippen LogP contribution in [0.2, 0.25) is 0 Å². The van der Waals surface area contributed by atoms with Crippen molar-refractivity contribution in [1.29, 1.82) is 0 Å². The van der Waals surface area contributed by atoms with E-state index in [-0.39, 0.29) is 5.41 Å². The first-order valence-corrected chi connectivity index (χ1v) is 12.6. The van der Waals surface area contributed by atoms with E-state index in [1.165, 1.54) is 5.69 Å². The number of carboxylic acid groups (broad SMARTS) is 2. The van der Waals surface area contributed by atoms with Gasteiger partial charge >= 0.3 is 24.3 Å². The van der Waals surface area contributed by atoms with Gasteiger partial charge < -0.3 is 29.4 Å². The van der Waals surface area contributed by atoms with Gasteiger partial charge in [0.2, 0.25) is 5.95 Å². The molecule has 5 rings (SSSR count). The van der Waals surface area contributed by atoms with Crippen LogP contribution in [0.15, 0.2) is 37.1 Å². The van der Waals surface area contributed by atoms with Crippen LogP contribution >= 0.6 is 0 Å². The highest BCUT2D eigenvalue weighted by atomic mass is 19.4. The first kappa shape index (κ1) is 33.3. The number of aliphatic carboxylic acids is 2. The van der Waals surface area contributed by atoms with Gasteiger partial charge in [0.25, 0.3) is 0 Å². The molecule has 0 saturated carbocycles. The largest absolute Gasteiger partial charge is 0.490 e. The van der Waals surface area contributed by atoms with Gasteiger partial charge in [-0.2, -0.15) is 26.3 Å². The number of nitrogens with one attached hydrogen (secondary N) is 1. The number of rotatable bonds is 5. The third-order valence-corrected chi connectivity index (χ3v) is 6.70. The van der Waals surface area contributed by atoms with Crippen molar-refractivity contribution < 1.29 is 50.9 Å². The number of likely N-dealkylation sites (tertiary alicyclic amines) is 1. The molecule has 3 N–H and O–H groups in total. The topological polar surface area (TPSA) is 148 Å². The third-order valence-electron chi connectivity index (χ3n) is 6.70. The Morgan fingerprint density at radius 1 is 1.05 bits per heavy atom. The highest BCUT2D eigenvalue weighted by molar-refractivity contribution is 5.73. The van der Waals surface area contributed by atoms with E-state index in [0.29, 0.717) is 19.1 Å². The standard InChI is InChI=1S/C21H27N7O.2C2HF3O2/c1-26-6-3-4-17(26)11-28-7-5-21(13-28)14-29-12-16-8-23-20(25-19(16)21)24-10-18-9-22-15-27(18)2;2*3-2(4,5)1(6)7/h3-4,6,8-9,15H,5,7,10-14H2,1-2H3,(H,23,24,25);2*(H,6,7). The van der Waals surface area contributed by atoms with Gasteiger partial charge in [-0.3, -0.25) is 4.90 Å². The lowest BCUT2D eigenvalue weighted by atomic mass is 9.80. The fourth-order valence-electron chi connectivity index (χ4n) is 4.50. The van der Waals surface area contributed by atoms with E-state index in [2.05, 4.69) is 50.1 Å². The van der Waals surface area contributed by atoms with Crippen molar-refractivity contribution in [3.8, 4) is 0 Å². The van der Waals surface area contributed by atoms with Gasteiger partial charge in [-0.25, -0.2) is 24.5 Å². The van der Waals surface area contributed by atoms with Crippen LogP contribution in [0.1, 0.15) is 29.1 Å². The van der Waals surface area contributed by atoms with Crippen molar-refractivity contribution in [2.75, 3.05) is 25.0 Å². The maximum atomic E-state index is 10.6. The Kier molecular flexibility index (Phi) is 10.4. The number of aryl methyl sites for hydroxylation is 2. The monoisotopic (exact) mass is 621 g/mol. The molecule has 1 unspecified atom stereocenters. The number of aromatic nitrogens is 5. The normalized spacial score (nSPS) is 18.2. The maximum Gasteiger partial charge on any atom is 0.490 e. The van der Waals surface area contributed by atoms with Crippen molar-refractivity contribution in [2.45, 2.75) is 43.9 Å². The molecule has 3 aromatic rings. The van der Waals surface area contributed by atoms with E-state index in [9.17, 15) is 26.3 Å². The number of carbonyl (C=O) groups is 2. The average molecular weight is 622 g/mol. The summed E-state index contributed by atoms with van der Waals surface area (Å²) < 4.78 is 73.6. The SMILES string of the molecule is Cn1cncc1CNc1ncc2c(n1)C1(CCN(Cc3cccn3C)C1)COC2.O=C(O)C(F)(F)F.O=C(O)C(F)(F)F. The molecule has 0 aromatic carbocycles. The van der Waals surface area contributed by atoms with Gasteiger partial charge in [0.1, 0.15) is 0 Å². The number of fused-ring (bicyclic) bond motifs is 2. The maximum absolute atomic E-state index is 10.6. The van der Waals surface area contributed by atoms with Crippen LogP contribution in [0.5, 0.6) is 0 Å². The fourth-order valence-corrected chi connectivity index (χ4v) is 4.50. The molecule has 1 saturated heterocycles. The van der Waals surface area contributed by atoms with Gasteiger partial charge in [-0.1, -0.05) is 0 Å². The molecule has 2 aliphatic heterocycles. The molecule has 1 fully saturated rings. The Morgan fingerprint density at radius 3 is 2.23 bits per heavy atom. The molecule has 43 heavy (non-hydrogen) atoms. The molecule has 2 aliphatic rings. The van der Waals surface area contributed by atoms with Crippen LogP contribution in [0.4, 0.5) is 32.3 Å². The summed E-state index contributed by atoms with van der Waals surface area (Å²) in [5.74, 6) is -4.84. The lowest BCUT2D eigenvalue weighted by molar-refractivity contribution is -0.193. The Labute approximate surface area is 240 Å². The smallest absolute Gasteiger partial charge is 0.475 e. The van der Waals surface area contributed by atoms with E-state index in [4.69, 9.17) is 29.5 Å². The van der Waals surface area contributed by atoms with Gasteiger partial charge in [-0.05, 0) is 25.1 Å². The predicted molar refractivity (Wildman–Crippen MR) is 137 cm³/mol. The quantitative estimate of drug-likeness (QED) is 0.363. The van der Waals surface area contributed by atoms with Crippen molar-refractivity contribution in [1.82, 2.24) is 29.0 Å². The van der Waals surface area contributed by atoms with Crippen molar-refractivity contribution in [3.63, 3.8) is 0 Å². The van der Waals surface area contributed by atoms with Gasteiger partial charge in [0.05, 0.1) is 42.9 Å². The highest BCUT2D eigenvalue weighted by Crippen LogP contribution is 2.39. The Bertz CT molecular complexity index is 1380. The van der Waals surface area contributed by atoms with E-state index < -0.39 is 24.3 Å². The minimum atomic E-state index is -5.08. The van der Waals surface area contributed by atoms with Crippen LogP contribution in [0.25, 0.3) is 0 Å². The molecule has 0 radical (unpaired) electrons. The number of hydrogen-bond acceptors (Lipinski definition) is 8. The van der Waals surface area contributed by atoms with Crippen molar-refractivity contribution in [3.05, 3.63) is 59.7 Å². The second kappa shape index (κ2) is 13.4. The minimum absolute atomic E-state index is 0.0509. The number of alkyl halides is 6. The summed E-state index contributed by atoms with van der Waals surface area (Å²) >= 11 is 0. The zero-order chi connectivity index (χ0) is 32.0. The number of hydrogen-bond donors (Lipinski definition) is 3. The van der Waals surface area contributed by atoms with Crippen LogP contribution in [0.3, 0.4) is 0 Å². The Balaban J connectivity index is 0.000000303. The van der Waals surface area contributed by atoms with Crippen LogP contribution in [0, 0.1) is 0 Å². The van der Waals surface area contributed by atoms with Crippen molar-refractivity contribution >= 4 is 17.9 Å². The highest BCUT2D eigenvalue weighted by Gasteiger charge is 2.45. The molecule has 12 nitrogen and oxygen atoms in total. The second-order valence-corrected chi connectivity index (χ2v) is 9.87. The van der Waals surface area contributed by atoms with Crippen LogP contribution in [-0.4, -0.2) is 83.2 Å². The van der Waals surface area contributed by atoms with Gasteiger partial charge in [0, 0.05) is 57.0 Å². The molecule has 0 bridgehead atoms. The van der Waals surface area contributed by atoms with E-state index in [0.717, 1.165) is 49.6 Å². The minimum Gasteiger partial charge on any atom is -0.475 e. The summed E-state index contributed by atoms with van der Waals surface area (Å²) in [5, 5.41) is 17.6. The first-order valence-electron chi connectivity index (χ1n) is 12.6. The molecular weight excluding hydrogens is 592 g/mol. The van der Waals surface area contributed by atoms with E-state index in [1.54, 1.807) is 6.33 Å². The molecule has 0 amide bonds. The molecule has 3 aromatic heterocycles. The van der Waals surface area contributed by atoms with E-state index in [1.807, 2.05) is 24.0 Å². The fraction of sp³-hybridized carbons (Fsp3) is 0.480. The summed E-state index contributed by atoms with van der Waals surface area (Å²) in [6.45, 7) is 4.94. The number of ether oxygens (including phenoxy) is 1. The number of nitrogens with zero attached hydrogens (tertiary/aromatic N) is 6. The zero-order valence-corrected chi connectivity index (χ0v) is 23.0. The Morgan fingerprint density at radius 2 is 1.70 bits per heavy atom. The molecule has 18 heteroatoms. The number of carboxylic acids is 2. The average Bonchev–Trinajstić information content (AvgIpc) is 3.64. The number of anilines is 1.